The van der Waals surface area contributed by atoms with E-state index in [1.165, 1.54) is 7.11 Å². The molecule has 0 aliphatic carbocycles. The summed E-state index contributed by atoms with van der Waals surface area (Å²) in [5, 5.41) is 9.96. The van der Waals surface area contributed by atoms with Gasteiger partial charge in [0.15, 0.2) is 0 Å². The Balaban J connectivity index is 3.22. The molecule has 4 heteroatoms. The minimum absolute atomic E-state index is 0.165. The molecule has 0 bridgehead atoms. The van der Waals surface area contributed by atoms with Gasteiger partial charge in [0.2, 0.25) is 0 Å². The molecule has 1 aromatic carbocycles. The summed E-state index contributed by atoms with van der Waals surface area (Å²) < 4.78 is 9.68. The number of rotatable bonds is 4. The van der Waals surface area contributed by atoms with Crippen molar-refractivity contribution in [3.8, 4) is 5.75 Å². The Kier molecular flexibility index (Phi) is 4.92. The Morgan fingerprint density at radius 3 is 2.61 bits per heavy atom. The molecule has 0 unspecified atom stereocenters. The number of benzene rings is 1. The molecule has 0 amide bonds. The van der Waals surface area contributed by atoms with Gasteiger partial charge in [0.25, 0.3) is 0 Å². The van der Waals surface area contributed by atoms with Crippen LogP contribution in [0.25, 0.3) is 6.08 Å². The molecule has 0 spiro atoms. The van der Waals surface area contributed by atoms with Crippen LogP contribution in [-0.4, -0.2) is 31.9 Å². The van der Waals surface area contributed by atoms with Crippen molar-refractivity contribution in [1.82, 2.24) is 0 Å². The first-order valence-electron chi connectivity index (χ1n) is 5.57. The van der Waals surface area contributed by atoms with E-state index in [9.17, 15) is 9.90 Å². The van der Waals surface area contributed by atoms with Crippen molar-refractivity contribution >= 4 is 12.0 Å². The highest BCUT2D eigenvalue weighted by atomic mass is 16.5. The molecular weight excluding hydrogens is 232 g/mol. The number of phenols is 1. The van der Waals surface area contributed by atoms with Gasteiger partial charge in [-0.3, -0.25) is 0 Å². The van der Waals surface area contributed by atoms with Crippen molar-refractivity contribution in [2.24, 2.45) is 0 Å². The highest BCUT2D eigenvalue weighted by Crippen LogP contribution is 2.26. The fourth-order valence-corrected chi connectivity index (χ4v) is 1.69. The second-order valence-electron chi connectivity index (χ2n) is 4.15. The Morgan fingerprint density at radius 2 is 2.06 bits per heavy atom. The summed E-state index contributed by atoms with van der Waals surface area (Å²) in [6, 6.07) is 3.21. The van der Waals surface area contributed by atoms with E-state index in [0.717, 1.165) is 5.57 Å². The van der Waals surface area contributed by atoms with E-state index in [1.807, 2.05) is 6.92 Å². The number of methoxy groups -OCH3 is 2. The van der Waals surface area contributed by atoms with Crippen LogP contribution in [-0.2, 0) is 9.47 Å². The number of ether oxygens (including phenoxy) is 2. The van der Waals surface area contributed by atoms with Crippen LogP contribution in [0.15, 0.2) is 17.7 Å². The quantitative estimate of drug-likeness (QED) is 0.834. The summed E-state index contributed by atoms with van der Waals surface area (Å²) in [5.41, 5.74) is 2.60. The fraction of sp³-hybridized carbons (Fsp3) is 0.357. The van der Waals surface area contributed by atoms with Crippen LogP contribution in [0.3, 0.4) is 0 Å². The van der Waals surface area contributed by atoms with Crippen LogP contribution in [0.1, 0.15) is 28.4 Å². The predicted octanol–water partition coefficient (Wildman–Crippen LogP) is 2.54. The molecule has 4 nitrogen and oxygen atoms in total. The molecule has 98 valence electrons. The zero-order valence-electron chi connectivity index (χ0n) is 11.1. The van der Waals surface area contributed by atoms with Crippen LogP contribution >= 0.6 is 0 Å². The lowest BCUT2D eigenvalue weighted by molar-refractivity contribution is 0.0600. The topological polar surface area (TPSA) is 55.8 Å². The van der Waals surface area contributed by atoms with Gasteiger partial charge in [-0.15, -0.1) is 0 Å². The summed E-state index contributed by atoms with van der Waals surface area (Å²) >= 11 is 0. The predicted molar refractivity (Wildman–Crippen MR) is 69.7 cm³/mol. The van der Waals surface area contributed by atoms with Crippen LogP contribution in [0.5, 0.6) is 5.75 Å². The zero-order chi connectivity index (χ0) is 13.7. The number of hydrogen-bond acceptors (Lipinski definition) is 4. The van der Waals surface area contributed by atoms with Crippen molar-refractivity contribution in [2.75, 3.05) is 20.8 Å². The second-order valence-corrected chi connectivity index (χ2v) is 4.15. The van der Waals surface area contributed by atoms with Gasteiger partial charge >= 0.3 is 5.97 Å². The van der Waals surface area contributed by atoms with Crippen molar-refractivity contribution in [1.29, 1.82) is 0 Å². The average Bonchev–Trinajstić information content (AvgIpc) is 2.34. The summed E-state index contributed by atoms with van der Waals surface area (Å²) in [6.07, 6.45) is 1.79. The van der Waals surface area contributed by atoms with Crippen molar-refractivity contribution < 1.29 is 19.4 Å². The Hall–Kier alpha value is -1.81. The van der Waals surface area contributed by atoms with E-state index >= 15 is 0 Å². The van der Waals surface area contributed by atoms with Gasteiger partial charge in [-0.2, -0.15) is 0 Å². The van der Waals surface area contributed by atoms with Crippen LogP contribution < -0.4 is 0 Å². The van der Waals surface area contributed by atoms with Crippen LogP contribution in [0, 0.1) is 6.92 Å². The Bertz CT molecular complexity index is 475. The molecule has 0 radical (unpaired) electrons. The summed E-state index contributed by atoms with van der Waals surface area (Å²) in [4.78, 5) is 11.5. The molecule has 0 atom stereocenters. The monoisotopic (exact) mass is 250 g/mol. The van der Waals surface area contributed by atoms with Crippen molar-refractivity contribution in [2.45, 2.75) is 13.8 Å². The maximum atomic E-state index is 11.5. The smallest absolute Gasteiger partial charge is 0.337 e. The first-order valence-corrected chi connectivity index (χ1v) is 5.57. The highest BCUT2D eigenvalue weighted by Gasteiger charge is 2.11. The largest absolute Gasteiger partial charge is 0.507 e. The third kappa shape index (κ3) is 3.34. The molecule has 0 saturated carbocycles. The van der Waals surface area contributed by atoms with Gasteiger partial charge in [0.05, 0.1) is 19.3 Å². The molecule has 18 heavy (non-hydrogen) atoms. The normalized spacial score (nSPS) is 11.4. The lowest BCUT2D eigenvalue weighted by Crippen LogP contribution is -2.02. The molecule has 1 aromatic rings. The number of carbonyl (C=O) groups is 1. The first kappa shape index (κ1) is 14.3. The number of carbonyl (C=O) groups excluding carboxylic acids is 1. The fourth-order valence-electron chi connectivity index (χ4n) is 1.69. The van der Waals surface area contributed by atoms with Gasteiger partial charge < -0.3 is 14.6 Å². The zero-order valence-corrected chi connectivity index (χ0v) is 11.1. The SMILES string of the molecule is COC/C(C)=C/c1cc(C(=O)OC)cc(C)c1O. The number of phenolic OH excluding ortho intramolecular Hbond substituents is 1. The van der Waals surface area contributed by atoms with Gasteiger partial charge in [-0.1, -0.05) is 6.08 Å². The van der Waals surface area contributed by atoms with E-state index in [2.05, 4.69) is 4.74 Å². The van der Waals surface area contributed by atoms with E-state index < -0.39 is 5.97 Å². The van der Waals surface area contributed by atoms with E-state index in [0.29, 0.717) is 23.3 Å². The minimum Gasteiger partial charge on any atom is -0.507 e. The summed E-state index contributed by atoms with van der Waals surface area (Å²) in [6.45, 7) is 4.11. The third-order valence-corrected chi connectivity index (χ3v) is 2.52. The van der Waals surface area contributed by atoms with E-state index in [4.69, 9.17) is 4.74 Å². The number of hydrogen-bond donors (Lipinski definition) is 1. The molecular formula is C14H18O4. The van der Waals surface area contributed by atoms with Crippen molar-refractivity contribution in [3.63, 3.8) is 0 Å². The molecule has 1 rings (SSSR count). The molecule has 0 aromatic heterocycles. The van der Waals surface area contributed by atoms with Gasteiger partial charge in [-0.05, 0) is 37.1 Å². The number of aryl methyl sites for hydroxylation is 1. The third-order valence-electron chi connectivity index (χ3n) is 2.52. The summed E-state index contributed by atoms with van der Waals surface area (Å²) in [7, 11) is 2.93. The average molecular weight is 250 g/mol. The van der Waals surface area contributed by atoms with Crippen LogP contribution in [0.2, 0.25) is 0 Å². The van der Waals surface area contributed by atoms with Gasteiger partial charge in [0, 0.05) is 12.7 Å². The molecule has 0 saturated heterocycles. The first-order chi connectivity index (χ1) is 8.49. The highest BCUT2D eigenvalue weighted by molar-refractivity contribution is 5.91. The minimum atomic E-state index is -0.419. The standard InChI is InChI=1S/C14H18O4/c1-9(8-17-3)5-11-7-12(14(16)18-4)6-10(2)13(11)15/h5-7,15H,8H2,1-4H3/b9-5+. The lowest BCUT2D eigenvalue weighted by atomic mass is 10.0. The number of esters is 1. The molecule has 0 aliphatic heterocycles. The van der Waals surface area contributed by atoms with Gasteiger partial charge in [0.1, 0.15) is 5.75 Å². The number of aromatic hydroxyl groups is 1. The van der Waals surface area contributed by atoms with Crippen LogP contribution in [0.4, 0.5) is 0 Å². The Labute approximate surface area is 107 Å². The van der Waals surface area contributed by atoms with E-state index in [1.54, 1.807) is 32.2 Å². The second kappa shape index (κ2) is 6.21. The molecule has 1 N–H and O–H groups in total. The van der Waals surface area contributed by atoms with E-state index in [-0.39, 0.29) is 5.75 Å². The maximum Gasteiger partial charge on any atom is 0.337 e. The lowest BCUT2D eigenvalue weighted by Gasteiger charge is -2.08. The maximum absolute atomic E-state index is 11.5. The summed E-state index contributed by atoms with van der Waals surface area (Å²) in [5.74, 6) is -0.254. The van der Waals surface area contributed by atoms with Gasteiger partial charge in [-0.25, -0.2) is 4.79 Å². The molecule has 0 fully saturated rings. The molecule has 0 heterocycles. The molecule has 0 aliphatic rings. The Morgan fingerprint density at radius 1 is 1.39 bits per heavy atom. The van der Waals surface area contributed by atoms with Crippen molar-refractivity contribution in [3.05, 3.63) is 34.4 Å².